The van der Waals surface area contributed by atoms with E-state index in [9.17, 15) is 24.2 Å². The van der Waals surface area contributed by atoms with E-state index in [0.717, 1.165) is 12.8 Å². The van der Waals surface area contributed by atoms with Crippen molar-refractivity contribution in [3.63, 3.8) is 0 Å². The highest BCUT2D eigenvalue weighted by Crippen LogP contribution is 2.40. The van der Waals surface area contributed by atoms with Gasteiger partial charge in [0.2, 0.25) is 0 Å². The first-order chi connectivity index (χ1) is 17.5. The number of phenols is 1. The van der Waals surface area contributed by atoms with Crippen molar-refractivity contribution in [2.75, 3.05) is 10.4 Å². The van der Waals surface area contributed by atoms with Gasteiger partial charge in [0.15, 0.2) is 5.71 Å². The summed E-state index contributed by atoms with van der Waals surface area (Å²) in [6.45, 7) is 6.04. The fourth-order valence-electron chi connectivity index (χ4n) is 4.81. The zero-order valence-electron chi connectivity index (χ0n) is 20.5. The van der Waals surface area contributed by atoms with Crippen LogP contribution in [0.4, 0.5) is 15.8 Å². The molecule has 1 aliphatic carbocycles. The molecule has 0 spiro atoms. The molecule has 3 aromatic carbocycles. The number of para-hydroxylation sites is 1. The standard InChI is InChI=1S/C28H25FN4O4/c1-15-24(26(35)33(32-15)20-8-7-16-9-10-28(2,3)23(16)14-20)31-30-19-12-17(11-18(29)13-19)21-5-4-6-22(25(21)34)27(36)37/h4-8,11-14,30,34H,9-10H2,1-3H3,(H,36,37)/b31-24-. The number of nitrogens with one attached hydrogen (secondary N) is 1. The van der Waals surface area contributed by atoms with Gasteiger partial charge in [0, 0.05) is 5.56 Å². The number of hydrogen-bond donors (Lipinski definition) is 3. The number of carbonyl (C=O) groups excluding carboxylic acids is 1. The van der Waals surface area contributed by atoms with Gasteiger partial charge in [0.05, 0.1) is 17.1 Å². The number of carboxylic acid groups (broad SMARTS) is 1. The Balaban J connectivity index is 1.42. The number of carboxylic acids is 1. The summed E-state index contributed by atoms with van der Waals surface area (Å²) >= 11 is 0. The van der Waals surface area contributed by atoms with Gasteiger partial charge in [-0.15, -0.1) is 0 Å². The summed E-state index contributed by atoms with van der Waals surface area (Å²) in [5.74, 6) is -2.82. The van der Waals surface area contributed by atoms with Crippen molar-refractivity contribution in [1.29, 1.82) is 0 Å². The molecule has 5 rings (SSSR count). The smallest absolute Gasteiger partial charge is 0.339 e. The Hall–Kier alpha value is -4.53. The van der Waals surface area contributed by atoms with Crippen LogP contribution in [-0.4, -0.2) is 33.5 Å². The fraction of sp³-hybridized carbons (Fsp3) is 0.214. The molecule has 188 valence electrons. The number of fused-ring (bicyclic) bond motifs is 1. The van der Waals surface area contributed by atoms with E-state index in [1.165, 1.54) is 52.5 Å². The van der Waals surface area contributed by atoms with E-state index in [1.54, 1.807) is 6.92 Å². The first-order valence-electron chi connectivity index (χ1n) is 11.8. The topological polar surface area (TPSA) is 115 Å². The number of benzene rings is 3. The number of halogens is 1. The van der Waals surface area contributed by atoms with Crippen LogP contribution in [0, 0.1) is 5.82 Å². The summed E-state index contributed by atoms with van der Waals surface area (Å²) in [6, 6.07) is 14.0. The van der Waals surface area contributed by atoms with Crippen LogP contribution in [-0.2, 0) is 16.6 Å². The van der Waals surface area contributed by atoms with Crippen molar-refractivity contribution >= 4 is 34.7 Å². The minimum absolute atomic E-state index is 0.0266. The maximum Gasteiger partial charge on any atom is 0.339 e. The lowest BCUT2D eigenvalue weighted by Gasteiger charge is -2.21. The van der Waals surface area contributed by atoms with Gasteiger partial charge >= 0.3 is 11.9 Å². The number of aryl methyl sites for hydroxylation is 1. The quantitative estimate of drug-likeness (QED) is 0.411. The van der Waals surface area contributed by atoms with Crippen LogP contribution in [0.25, 0.3) is 11.1 Å². The average Bonchev–Trinajstić information content (AvgIpc) is 3.31. The molecule has 0 unspecified atom stereocenters. The molecule has 0 radical (unpaired) electrons. The summed E-state index contributed by atoms with van der Waals surface area (Å²) in [4.78, 5) is 24.5. The molecule has 1 heterocycles. The summed E-state index contributed by atoms with van der Waals surface area (Å²) in [5, 5.41) is 29.6. The van der Waals surface area contributed by atoms with Crippen LogP contribution in [0.15, 0.2) is 64.8 Å². The van der Waals surface area contributed by atoms with Gasteiger partial charge in [-0.2, -0.15) is 15.2 Å². The molecule has 0 aromatic heterocycles. The van der Waals surface area contributed by atoms with Gasteiger partial charge < -0.3 is 10.2 Å². The molecule has 0 saturated heterocycles. The van der Waals surface area contributed by atoms with E-state index in [-0.39, 0.29) is 33.5 Å². The number of nitrogens with zero attached hydrogens (tertiary/aromatic N) is 3. The second kappa shape index (κ2) is 8.85. The zero-order valence-corrected chi connectivity index (χ0v) is 20.5. The van der Waals surface area contributed by atoms with Crippen LogP contribution in [0.3, 0.4) is 0 Å². The highest BCUT2D eigenvalue weighted by atomic mass is 19.1. The minimum atomic E-state index is -1.30. The van der Waals surface area contributed by atoms with E-state index in [4.69, 9.17) is 0 Å². The number of carbonyl (C=O) groups is 2. The molecule has 2 aliphatic rings. The van der Waals surface area contributed by atoms with E-state index < -0.39 is 23.4 Å². The van der Waals surface area contributed by atoms with E-state index in [0.29, 0.717) is 11.4 Å². The predicted octanol–water partition coefficient (Wildman–Crippen LogP) is 5.31. The molecule has 0 fully saturated rings. The number of aromatic carboxylic acids is 1. The minimum Gasteiger partial charge on any atom is -0.506 e. The van der Waals surface area contributed by atoms with Crippen LogP contribution < -0.4 is 10.4 Å². The van der Waals surface area contributed by atoms with Gasteiger partial charge in [0.1, 0.15) is 17.1 Å². The Morgan fingerprint density at radius 3 is 2.70 bits per heavy atom. The molecular formula is C28H25FN4O4. The molecule has 0 saturated carbocycles. The summed E-state index contributed by atoms with van der Waals surface area (Å²) < 4.78 is 14.4. The number of anilines is 2. The van der Waals surface area contributed by atoms with E-state index >= 15 is 0 Å². The third-order valence-electron chi connectivity index (χ3n) is 6.85. The van der Waals surface area contributed by atoms with Crippen LogP contribution in [0.5, 0.6) is 5.75 Å². The summed E-state index contributed by atoms with van der Waals surface area (Å²) in [7, 11) is 0. The molecule has 3 aromatic rings. The monoisotopic (exact) mass is 500 g/mol. The van der Waals surface area contributed by atoms with Gasteiger partial charge in [-0.05, 0) is 78.3 Å². The first-order valence-corrected chi connectivity index (χ1v) is 11.8. The lowest BCUT2D eigenvalue weighted by molar-refractivity contribution is -0.112. The number of hydrogen-bond acceptors (Lipinski definition) is 6. The van der Waals surface area contributed by atoms with Gasteiger partial charge in [0.25, 0.3) is 0 Å². The Bertz CT molecular complexity index is 1530. The van der Waals surface area contributed by atoms with Crippen LogP contribution >= 0.6 is 0 Å². The first kappa shape index (κ1) is 24.2. The van der Waals surface area contributed by atoms with Crippen molar-refractivity contribution in [3.8, 4) is 16.9 Å². The maximum absolute atomic E-state index is 14.4. The highest BCUT2D eigenvalue weighted by Gasteiger charge is 2.34. The molecule has 3 N–H and O–H groups in total. The SMILES string of the molecule is CC1=NN(c2ccc3c(c2)C(C)(C)CC3)C(=O)/C1=N\Nc1cc(F)cc(-c2cccc(C(=O)O)c2O)c1. The van der Waals surface area contributed by atoms with Crippen molar-refractivity contribution in [3.05, 3.63) is 77.1 Å². The molecule has 0 atom stereocenters. The Morgan fingerprint density at radius 2 is 1.95 bits per heavy atom. The van der Waals surface area contributed by atoms with Gasteiger partial charge in [-0.25, -0.2) is 9.18 Å². The van der Waals surface area contributed by atoms with Crippen molar-refractivity contribution in [1.82, 2.24) is 0 Å². The lowest BCUT2D eigenvalue weighted by atomic mass is 9.86. The van der Waals surface area contributed by atoms with E-state index in [2.05, 4.69) is 29.5 Å². The predicted molar refractivity (Wildman–Crippen MR) is 140 cm³/mol. The summed E-state index contributed by atoms with van der Waals surface area (Å²) in [5.41, 5.74) is 6.66. The molecular weight excluding hydrogens is 475 g/mol. The maximum atomic E-state index is 14.4. The highest BCUT2D eigenvalue weighted by molar-refractivity contribution is 6.71. The van der Waals surface area contributed by atoms with Crippen LogP contribution in [0.1, 0.15) is 48.7 Å². The molecule has 1 amide bonds. The normalized spacial score (nSPS) is 17.2. The molecule has 0 bridgehead atoms. The number of aromatic hydroxyl groups is 1. The van der Waals surface area contributed by atoms with Crippen molar-refractivity contribution < 1.29 is 24.2 Å². The molecule has 37 heavy (non-hydrogen) atoms. The third kappa shape index (κ3) is 4.33. The van der Waals surface area contributed by atoms with Gasteiger partial charge in [-0.3, -0.25) is 10.2 Å². The van der Waals surface area contributed by atoms with Crippen molar-refractivity contribution in [2.24, 2.45) is 10.2 Å². The Morgan fingerprint density at radius 1 is 1.16 bits per heavy atom. The lowest BCUT2D eigenvalue weighted by Crippen LogP contribution is -2.28. The second-order valence-electron chi connectivity index (χ2n) is 9.84. The van der Waals surface area contributed by atoms with Crippen molar-refractivity contribution in [2.45, 2.75) is 39.0 Å². The molecule has 1 aliphatic heterocycles. The Labute approximate surface area is 212 Å². The Kier molecular flexibility index (Phi) is 5.78. The second-order valence-corrected chi connectivity index (χ2v) is 9.84. The zero-order chi connectivity index (χ0) is 26.5. The third-order valence-corrected chi connectivity index (χ3v) is 6.85. The number of rotatable bonds is 5. The largest absolute Gasteiger partial charge is 0.506 e. The average molecular weight is 501 g/mol. The molecule has 9 heteroatoms. The van der Waals surface area contributed by atoms with Crippen LogP contribution in [0.2, 0.25) is 0 Å². The number of hydrazone groups is 2. The van der Waals surface area contributed by atoms with E-state index in [1.807, 2.05) is 18.2 Å². The molecule has 8 nitrogen and oxygen atoms in total. The van der Waals surface area contributed by atoms with Gasteiger partial charge in [-0.1, -0.05) is 32.0 Å². The number of amides is 1. The summed E-state index contributed by atoms with van der Waals surface area (Å²) in [6.07, 6.45) is 2.05. The fourth-order valence-corrected chi connectivity index (χ4v) is 4.81.